The minimum atomic E-state index is -0.0397. The Bertz CT molecular complexity index is 147. The molecule has 84 valence electrons. The monoisotopic (exact) mass is 202 g/mol. The Hall–Kier alpha value is -0.610. The van der Waals surface area contributed by atoms with Crippen LogP contribution in [0.1, 0.15) is 26.7 Å². The second-order valence-electron chi connectivity index (χ2n) is 3.18. The number of nitrogens with two attached hydrogens (primary N) is 1. The van der Waals surface area contributed by atoms with Gasteiger partial charge in [-0.05, 0) is 19.8 Å². The van der Waals surface area contributed by atoms with E-state index in [1.54, 1.807) is 0 Å². The average Bonchev–Trinajstić information content (AvgIpc) is 2.19. The zero-order valence-electron chi connectivity index (χ0n) is 9.21. The molecule has 0 radical (unpaired) electrons. The third-order valence-corrected chi connectivity index (χ3v) is 2.12. The third-order valence-electron chi connectivity index (χ3n) is 2.12. The van der Waals surface area contributed by atoms with Crippen LogP contribution in [0.15, 0.2) is 0 Å². The van der Waals surface area contributed by atoms with Gasteiger partial charge in [0, 0.05) is 32.2 Å². The van der Waals surface area contributed by atoms with E-state index in [0.29, 0.717) is 19.7 Å². The number of carbonyl (C=O) groups is 1. The molecule has 3 N–H and O–H groups in total. The van der Waals surface area contributed by atoms with E-state index in [1.165, 1.54) is 0 Å². The SMILES string of the molecule is CCOCCCNC(=O)C(CC)CN. The fraction of sp³-hybridized carbons (Fsp3) is 0.900. The summed E-state index contributed by atoms with van der Waals surface area (Å²) in [7, 11) is 0. The minimum Gasteiger partial charge on any atom is -0.382 e. The molecule has 0 aromatic rings. The Kier molecular flexibility index (Phi) is 8.57. The lowest BCUT2D eigenvalue weighted by Crippen LogP contribution is -2.35. The van der Waals surface area contributed by atoms with Gasteiger partial charge in [0.25, 0.3) is 0 Å². The van der Waals surface area contributed by atoms with Gasteiger partial charge in [0.1, 0.15) is 0 Å². The number of rotatable bonds is 8. The van der Waals surface area contributed by atoms with Crippen molar-refractivity contribution >= 4 is 5.91 Å². The van der Waals surface area contributed by atoms with Crippen LogP contribution in [0.3, 0.4) is 0 Å². The van der Waals surface area contributed by atoms with Crippen LogP contribution in [-0.2, 0) is 9.53 Å². The predicted molar refractivity (Wildman–Crippen MR) is 57.0 cm³/mol. The highest BCUT2D eigenvalue weighted by atomic mass is 16.5. The lowest BCUT2D eigenvalue weighted by atomic mass is 10.1. The molecule has 0 aromatic carbocycles. The summed E-state index contributed by atoms with van der Waals surface area (Å²) in [4.78, 5) is 11.4. The van der Waals surface area contributed by atoms with Crippen molar-refractivity contribution in [1.29, 1.82) is 0 Å². The topological polar surface area (TPSA) is 64.3 Å². The third kappa shape index (κ3) is 5.94. The summed E-state index contributed by atoms with van der Waals surface area (Å²) in [6.07, 6.45) is 1.66. The summed E-state index contributed by atoms with van der Waals surface area (Å²) >= 11 is 0. The molecule has 14 heavy (non-hydrogen) atoms. The maximum absolute atomic E-state index is 11.4. The van der Waals surface area contributed by atoms with E-state index in [4.69, 9.17) is 10.5 Å². The molecule has 4 heteroatoms. The van der Waals surface area contributed by atoms with Crippen LogP contribution in [0.2, 0.25) is 0 Å². The summed E-state index contributed by atoms with van der Waals surface area (Å²) in [5.41, 5.74) is 5.45. The van der Waals surface area contributed by atoms with Gasteiger partial charge >= 0.3 is 0 Å². The lowest BCUT2D eigenvalue weighted by Gasteiger charge is -2.12. The van der Waals surface area contributed by atoms with Gasteiger partial charge in [-0.25, -0.2) is 0 Å². The van der Waals surface area contributed by atoms with Crippen LogP contribution in [0, 0.1) is 5.92 Å². The molecule has 0 heterocycles. The molecule has 0 saturated carbocycles. The van der Waals surface area contributed by atoms with Gasteiger partial charge in [-0.2, -0.15) is 0 Å². The molecule has 0 spiro atoms. The molecule has 0 aliphatic rings. The quantitative estimate of drug-likeness (QED) is 0.564. The smallest absolute Gasteiger partial charge is 0.224 e. The van der Waals surface area contributed by atoms with Crippen molar-refractivity contribution in [2.75, 3.05) is 26.3 Å². The summed E-state index contributed by atoms with van der Waals surface area (Å²) in [5.74, 6) is 0.0218. The normalized spacial score (nSPS) is 12.5. The van der Waals surface area contributed by atoms with Crippen LogP contribution < -0.4 is 11.1 Å². The first-order valence-electron chi connectivity index (χ1n) is 5.31. The Morgan fingerprint density at radius 3 is 2.71 bits per heavy atom. The van der Waals surface area contributed by atoms with Gasteiger partial charge < -0.3 is 15.8 Å². The zero-order valence-corrected chi connectivity index (χ0v) is 9.21. The molecular weight excluding hydrogens is 180 g/mol. The number of carbonyl (C=O) groups excluding carboxylic acids is 1. The van der Waals surface area contributed by atoms with Crippen molar-refractivity contribution in [3.8, 4) is 0 Å². The molecule has 0 aromatic heterocycles. The number of amides is 1. The van der Waals surface area contributed by atoms with Crippen LogP contribution in [-0.4, -0.2) is 32.2 Å². The van der Waals surface area contributed by atoms with E-state index in [1.807, 2.05) is 13.8 Å². The summed E-state index contributed by atoms with van der Waals surface area (Å²) in [6, 6.07) is 0. The van der Waals surface area contributed by atoms with E-state index in [2.05, 4.69) is 5.32 Å². The predicted octanol–water partition coefficient (Wildman–Crippen LogP) is 0.514. The molecule has 0 aliphatic heterocycles. The number of hydrogen-bond donors (Lipinski definition) is 2. The average molecular weight is 202 g/mol. The molecule has 0 fully saturated rings. The van der Waals surface area contributed by atoms with E-state index < -0.39 is 0 Å². The lowest BCUT2D eigenvalue weighted by molar-refractivity contribution is -0.124. The van der Waals surface area contributed by atoms with Crippen molar-refractivity contribution in [3.63, 3.8) is 0 Å². The Balaban J connectivity index is 3.43. The molecule has 0 rings (SSSR count). The fourth-order valence-electron chi connectivity index (χ4n) is 1.13. The van der Waals surface area contributed by atoms with Crippen molar-refractivity contribution in [2.24, 2.45) is 11.7 Å². The fourth-order valence-corrected chi connectivity index (χ4v) is 1.13. The van der Waals surface area contributed by atoms with E-state index >= 15 is 0 Å². The highest BCUT2D eigenvalue weighted by Crippen LogP contribution is 1.99. The van der Waals surface area contributed by atoms with Gasteiger partial charge in [-0.3, -0.25) is 4.79 Å². The maximum atomic E-state index is 11.4. The Labute approximate surface area is 86.2 Å². The number of ether oxygens (including phenoxy) is 1. The molecule has 1 atom stereocenters. The first-order chi connectivity index (χ1) is 6.76. The van der Waals surface area contributed by atoms with E-state index in [-0.39, 0.29) is 11.8 Å². The second kappa shape index (κ2) is 8.97. The van der Waals surface area contributed by atoms with Gasteiger partial charge in [0.05, 0.1) is 0 Å². The first-order valence-corrected chi connectivity index (χ1v) is 5.31. The van der Waals surface area contributed by atoms with Crippen LogP contribution in [0.4, 0.5) is 0 Å². The van der Waals surface area contributed by atoms with Crippen LogP contribution in [0.25, 0.3) is 0 Å². The van der Waals surface area contributed by atoms with Crippen molar-refractivity contribution in [1.82, 2.24) is 5.32 Å². The van der Waals surface area contributed by atoms with Gasteiger partial charge in [0.15, 0.2) is 0 Å². The van der Waals surface area contributed by atoms with Gasteiger partial charge in [0.2, 0.25) is 5.91 Å². The van der Waals surface area contributed by atoms with Crippen molar-refractivity contribution < 1.29 is 9.53 Å². The summed E-state index contributed by atoms with van der Waals surface area (Å²) in [5, 5.41) is 2.84. The number of hydrogen-bond acceptors (Lipinski definition) is 3. The van der Waals surface area contributed by atoms with Crippen molar-refractivity contribution in [3.05, 3.63) is 0 Å². The van der Waals surface area contributed by atoms with Gasteiger partial charge in [-0.15, -0.1) is 0 Å². The Morgan fingerprint density at radius 2 is 2.21 bits per heavy atom. The molecule has 1 amide bonds. The first kappa shape index (κ1) is 13.4. The highest BCUT2D eigenvalue weighted by molar-refractivity contribution is 5.78. The largest absolute Gasteiger partial charge is 0.382 e. The zero-order chi connectivity index (χ0) is 10.8. The molecule has 0 saturated heterocycles. The molecule has 0 bridgehead atoms. The highest BCUT2D eigenvalue weighted by Gasteiger charge is 2.12. The standard InChI is InChI=1S/C10H22N2O2/c1-3-9(8-11)10(13)12-6-5-7-14-4-2/h9H,3-8,11H2,1-2H3,(H,12,13). The number of nitrogens with one attached hydrogen (secondary N) is 1. The molecule has 1 unspecified atom stereocenters. The van der Waals surface area contributed by atoms with Crippen molar-refractivity contribution in [2.45, 2.75) is 26.7 Å². The molecule has 4 nitrogen and oxygen atoms in total. The Morgan fingerprint density at radius 1 is 1.50 bits per heavy atom. The molecule has 0 aliphatic carbocycles. The van der Waals surface area contributed by atoms with Gasteiger partial charge in [-0.1, -0.05) is 6.92 Å². The molecular formula is C10H22N2O2. The summed E-state index contributed by atoms with van der Waals surface area (Å²) < 4.78 is 5.15. The van der Waals surface area contributed by atoms with Crippen LogP contribution >= 0.6 is 0 Å². The maximum Gasteiger partial charge on any atom is 0.224 e. The van der Waals surface area contributed by atoms with E-state index in [9.17, 15) is 4.79 Å². The van der Waals surface area contributed by atoms with Crippen LogP contribution in [0.5, 0.6) is 0 Å². The van der Waals surface area contributed by atoms with E-state index in [0.717, 1.165) is 19.4 Å². The minimum absolute atomic E-state index is 0.0397. The second-order valence-corrected chi connectivity index (χ2v) is 3.18. The summed E-state index contributed by atoms with van der Waals surface area (Å²) in [6.45, 7) is 6.46.